The van der Waals surface area contributed by atoms with Crippen LogP contribution in [0.4, 0.5) is 29.2 Å². The number of alkyl halides is 3. The smallest absolute Gasteiger partial charge is 0.477 e. The molecule has 4 heterocycles. The number of piperidine rings is 1. The average molecular weight is 627 g/mol. The molecule has 0 unspecified atom stereocenters. The van der Waals surface area contributed by atoms with E-state index >= 15 is 4.39 Å². The fourth-order valence-electron chi connectivity index (χ4n) is 6.04. The first-order valence-corrected chi connectivity index (χ1v) is 14.6. The first-order chi connectivity index (χ1) is 21.6. The van der Waals surface area contributed by atoms with Gasteiger partial charge in [-0.05, 0) is 55.8 Å². The Hall–Kier alpha value is -4.72. The zero-order valence-corrected chi connectivity index (χ0v) is 24.1. The van der Waals surface area contributed by atoms with E-state index in [1.165, 1.54) is 9.47 Å². The predicted octanol–water partition coefficient (Wildman–Crippen LogP) is 4.83. The van der Waals surface area contributed by atoms with Gasteiger partial charge in [0.1, 0.15) is 16.8 Å². The SMILES string of the molecule is O=C(O)c1cn(-c2cccc(CN3CCCCC3)c2)c2c(OC(F)(F)F)c(N3CCN(c4ncccn4)CC3)c(F)cc2c1=O. The van der Waals surface area contributed by atoms with Crippen LogP contribution in [0.5, 0.6) is 5.75 Å². The standard InChI is InChI=1S/C31H30F4N6O4/c32-24-17-22-25(28(45-31(33,34)35)26(24)39-12-14-40(15-13-39)30-36-8-5-9-37-30)41(19-23(27(22)42)29(43)44)21-7-4-6-20(16-21)18-38-10-2-1-3-11-38/h4-9,16-17,19H,1-3,10-15,18H2,(H,43,44). The molecule has 10 nitrogen and oxygen atoms in total. The predicted molar refractivity (Wildman–Crippen MR) is 159 cm³/mol. The van der Waals surface area contributed by atoms with Gasteiger partial charge in [-0.3, -0.25) is 9.69 Å². The molecule has 6 rings (SSSR count). The van der Waals surface area contributed by atoms with Gasteiger partial charge in [0, 0.05) is 57.0 Å². The van der Waals surface area contributed by atoms with E-state index in [0.29, 0.717) is 18.2 Å². The van der Waals surface area contributed by atoms with Gasteiger partial charge in [-0.1, -0.05) is 18.6 Å². The molecule has 0 amide bonds. The van der Waals surface area contributed by atoms with Crippen LogP contribution in [0.15, 0.2) is 59.8 Å². The van der Waals surface area contributed by atoms with E-state index in [-0.39, 0.29) is 31.7 Å². The number of fused-ring (bicyclic) bond motifs is 1. The number of pyridine rings is 1. The normalized spacial score (nSPS) is 16.3. The zero-order valence-electron chi connectivity index (χ0n) is 24.1. The zero-order chi connectivity index (χ0) is 31.7. The molecule has 236 valence electrons. The third kappa shape index (κ3) is 6.41. The molecule has 2 aliphatic rings. The van der Waals surface area contributed by atoms with Crippen molar-refractivity contribution < 1.29 is 32.2 Å². The lowest BCUT2D eigenvalue weighted by Crippen LogP contribution is -2.47. The maximum Gasteiger partial charge on any atom is 0.573 e. The van der Waals surface area contributed by atoms with Crippen LogP contribution in [0.1, 0.15) is 35.2 Å². The Bertz CT molecular complexity index is 1770. The van der Waals surface area contributed by atoms with Crippen LogP contribution in [0.2, 0.25) is 0 Å². The van der Waals surface area contributed by atoms with Crippen molar-refractivity contribution in [3.8, 4) is 11.4 Å². The highest BCUT2D eigenvalue weighted by Gasteiger charge is 2.37. The van der Waals surface area contributed by atoms with E-state index in [2.05, 4.69) is 19.6 Å². The molecule has 1 N–H and O–H groups in total. The fourth-order valence-corrected chi connectivity index (χ4v) is 6.04. The van der Waals surface area contributed by atoms with Gasteiger partial charge < -0.3 is 24.2 Å². The molecule has 0 radical (unpaired) electrons. The summed E-state index contributed by atoms with van der Waals surface area (Å²) >= 11 is 0. The maximum absolute atomic E-state index is 15.9. The van der Waals surface area contributed by atoms with Crippen molar-refractivity contribution in [1.29, 1.82) is 0 Å². The van der Waals surface area contributed by atoms with Crippen LogP contribution in [0, 0.1) is 5.82 Å². The summed E-state index contributed by atoms with van der Waals surface area (Å²) in [4.78, 5) is 39.3. The Morgan fingerprint density at radius 2 is 1.62 bits per heavy atom. The highest BCUT2D eigenvalue weighted by Crippen LogP contribution is 2.42. The van der Waals surface area contributed by atoms with E-state index in [9.17, 15) is 27.9 Å². The number of anilines is 2. The quantitative estimate of drug-likeness (QED) is 0.289. The van der Waals surface area contributed by atoms with E-state index in [4.69, 9.17) is 0 Å². The summed E-state index contributed by atoms with van der Waals surface area (Å²) in [6.45, 7) is 3.13. The second-order valence-electron chi connectivity index (χ2n) is 11.1. The minimum absolute atomic E-state index is 0.0949. The van der Waals surface area contributed by atoms with Crippen molar-refractivity contribution in [3.05, 3.63) is 82.2 Å². The van der Waals surface area contributed by atoms with Gasteiger partial charge in [0.15, 0.2) is 11.6 Å². The van der Waals surface area contributed by atoms with Gasteiger partial charge >= 0.3 is 12.3 Å². The Kier molecular flexibility index (Phi) is 8.32. The van der Waals surface area contributed by atoms with Crippen LogP contribution >= 0.6 is 0 Å². The van der Waals surface area contributed by atoms with Crippen molar-refractivity contribution in [2.45, 2.75) is 32.2 Å². The van der Waals surface area contributed by atoms with E-state index in [0.717, 1.165) is 50.2 Å². The van der Waals surface area contributed by atoms with E-state index in [1.807, 2.05) is 11.0 Å². The lowest BCUT2D eigenvalue weighted by Gasteiger charge is -2.37. The molecule has 2 fully saturated rings. The molecule has 45 heavy (non-hydrogen) atoms. The Balaban J connectivity index is 1.51. The Morgan fingerprint density at radius 1 is 0.933 bits per heavy atom. The second kappa shape index (κ2) is 12.3. The summed E-state index contributed by atoms with van der Waals surface area (Å²) in [7, 11) is 0. The van der Waals surface area contributed by atoms with Crippen LogP contribution in [0.25, 0.3) is 16.6 Å². The number of piperazine rings is 1. The average Bonchev–Trinajstić information content (AvgIpc) is 3.02. The molecule has 0 spiro atoms. The summed E-state index contributed by atoms with van der Waals surface area (Å²) in [5, 5.41) is 9.27. The van der Waals surface area contributed by atoms with Crippen molar-refractivity contribution in [2.75, 3.05) is 49.1 Å². The highest BCUT2D eigenvalue weighted by molar-refractivity contribution is 5.98. The van der Waals surface area contributed by atoms with Gasteiger partial charge in [-0.25, -0.2) is 19.2 Å². The van der Waals surface area contributed by atoms with Gasteiger partial charge in [0.2, 0.25) is 11.4 Å². The van der Waals surface area contributed by atoms with Crippen LogP contribution in [0.3, 0.4) is 0 Å². The van der Waals surface area contributed by atoms with Gasteiger partial charge in [-0.15, -0.1) is 13.2 Å². The number of rotatable bonds is 7. The van der Waals surface area contributed by atoms with Gasteiger partial charge in [0.05, 0.1) is 5.39 Å². The summed E-state index contributed by atoms with van der Waals surface area (Å²) in [5.41, 5.74) is -1.56. The summed E-state index contributed by atoms with van der Waals surface area (Å²) in [6, 6.07) is 9.35. The molecule has 0 saturated carbocycles. The molecule has 0 bridgehead atoms. The first-order valence-electron chi connectivity index (χ1n) is 14.6. The fraction of sp³-hybridized carbons (Fsp3) is 0.355. The molecule has 2 aromatic carbocycles. The molecule has 2 aliphatic heterocycles. The monoisotopic (exact) mass is 626 g/mol. The first kappa shape index (κ1) is 30.3. The number of aromatic carboxylic acids is 1. The van der Waals surface area contributed by atoms with E-state index in [1.54, 1.807) is 36.7 Å². The maximum atomic E-state index is 15.9. The number of aromatic nitrogens is 3. The summed E-state index contributed by atoms with van der Waals surface area (Å²) in [5.74, 6) is -3.22. The number of halogens is 4. The third-order valence-corrected chi connectivity index (χ3v) is 8.09. The number of carboxylic acid groups (broad SMARTS) is 1. The lowest BCUT2D eigenvalue weighted by molar-refractivity contribution is -0.274. The third-order valence-electron chi connectivity index (χ3n) is 8.09. The molecule has 0 aliphatic carbocycles. The van der Waals surface area contributed by atoms with Crippen LogP contribution in [-0.2, 0) is 6.54 Å². The number of carbonyl (C=O) groups is 1. The van der Waals surface area contributed by atoms with Crippen LogP contribution < -0.4 is 20.0 Å². The number of hydrogen-bond acceptors (Lipinski definition) is 8. The number of carboxylic acids is 1. The molecule has 4 aromatic rings. The highest BCUT2D eigenvalue weighted by atomic mass is 19.4. The Labute approximate surface area is 255 Å². The minimum atomic E-state index is -5.25. The van der Waals surface area contributed by atoms with Crippen molar-refractivity contribution in [3.63, 3.8) is 0 Å². The lowest BCUT2D eigenvalue weighted by atomic mass is 10.1. The molecule has 0 atom stereocenters. The number of ether oxygens (including phenoxy) is 1. The minimum Gasteiger partial charge on any atom is -0.477 e. The molecular weight excluding hydrogens is 596 g/mol. The number of benzene rings is 2. The molecule has 14 heteroatoms. The van der Waals surface area contributed by atoms with Crippen molar-refractivity contribution in [2.24, 2.45) is 0 Å². The number of hydrogen-bond donors (Lipinski definition) is 1. The number of nitrogens with zero attached hydrogens (tertiary/aromatic N) is 6. The van der Waals surface area contributed by atoms with Crippen molar-refractivity contribution >= 4 is 28.5 Å². The van der Waals surface area contributed by atoms with Crippen LogP contribution in [-0.4, -0.2) is 76.1 Å². The number of likely N-dealkylation sites (tertiary alicyclic amines) is 1. The summed E-state index contributed by atoms with van der Waals surface area (Å²) < 4.78 is 63.7. The largest absolute Gasteiger partial charge is 0.573 e. The van der Waals surface area contributed by atoms with E-state index < -0.39 is 46.0 Å². The Morgan fingerprint density at radius 3 is 2.29 bits per heavy atom. The molecule has 2 saturated heterocycles. The molecule has 2 aromatic heterocycles. The van der Waals surface area contributed by atoms with Gasteiger partial charge in [-0.2, -0.15) is 0 Å². The van der Waals surface area contributed by atoms with Gasteiger partial charge in [0.25, 0.3) is 0 Å². The van der Waals surface area contributed by atoms with Crippen molar-refractivity contribution in [1.82, 2.24) is 19.4 Å². The topological polar surface area (TPSA) is 104 Å². The second-order valence-corrected chi connectivity index (χ2v) is 11.1. The summed E-state index contributed by atoms with van der Waals surface area (Å²) in [6.07, 6.45) is 2.13. The molecular formula is C31H30F4N6O4.